The number of amidine groups is 1. The van der Waals surface area contributed by atoms with Gasteiger partial charge < -0.3 is 5.32 Å². The molecule has 0 radical (unpaired) electrons. The monoisotopic (exact) mass is 362 g/mol. The molecule has 0 aliphatic carbocycles. The SMILES string of the molecule is Cc1ccc(N=C2NC(=O)/C(=C\c3ccc(Cl)c(Cl)c3)S2)cc1. The summed E-state index contributed by atoms with van der Waals surface area (Å²) in [6.45, 7) is 2.01. The summed E-state index contributed by atoms with van der Waals surface area (Å²) in [5, 5.41) is 4.26. The molecule has 1 heterocycles. The first-order chi connectivity index (χ1) is 11.0. The van der Waals surface area contributed by atoms with Crippen LogP contribution in [-0.2, 0) is 4.79 Å². The van der Waals surface area contributed by atoms with Gasteiger partial charge in [0.15, 0.2) is 5.17 Å². The summed E-state index contributed by atoms with van der Waals surface area (Å²) in [5.74, 6) is -0.174. The average Bonchev–Trinajstić information content (AvgIpc) is 2.85. The summed E-state index contributed by atoms with van der Waals surface area (Å²) in [6.07, 6.45) is 1.76. The zero-order valence-corrected chi connectivity index (χ0v) is 14.5. The molecule has 1 aliphatic heterocycles. The van der Waals surface area contributed by atoms with E-state index in [1.165, 1.54) is 11.8 Å². The number of benzene rings is 2. The number of nitrogens with one attached hydrogen (secondary N) is 1. The predicted octanol–water partition coefficient (Wildman–Crippen LogP) is 5.19. The maximum atomic E-state index is 12.0. The number of amides is 1. The first-order valence-corrected chi connectivity index (χ1v) is 8.40. The van der Waals surface area contributed by atoms with Crippen molar-refractivity contribution in [3.8, 4) is 0 Å². The highest BCUT2D eigenvalue weighted by molar-refractivity contribution is 8.18. The summed E-state index contributed by atoms with van der Waals surface area (Å²) < 4.78 is 0. The fourth-order valence-electron chi connectivity index (χ4n) is 1.97. The molecule has 3 rings (SSSR count). The number of carbonyl (C=O) groups excluding carboxylic acids is 1. The van der Waals surface area contributed by atoms with Gasteiger partial charge in [0.25, 0.3) is 5.91 Å². The number of hydrogen-bond donors (Lipinski definition) is 1. The van der Waals surface area contributed by atoms with E-state index in [1.807, 2.05) is 37.3 Å². The second-order valence-corrected chi connectivity index (χ2v) is 6.84. The highest BCUT2D eigenvalue weighted by Crippen LogP contribution is 2.30. The molecule has 2 aromatic rings. The van der Waals surface area contributed by atoms with Crippen molar-refractivity contribution in [3.05, 3.63) is 68.5 Å². The third-order valence-electron chi connectivity index (χ3n) is 3.16. The Morgan fingerprint density at radius 3 is 2.52 bits per heavy atom. The van der Waals surface area contributed by atoms with E-state index in [9.17, 15) is 4.79 Å². The lowest BCUT2D eigenvalue weighted by atomic mass is 10.2. The number of hydrogen-bond acceptors (Lipinski definition) is 3. The first-order valence-electron chi connectivity index (χ1n) is 6.82. The number of carbonyl (C=O) groups is 1. The molecule has 1 N–H and O–H groups in total. The van der Waals surface area contributed by atoms with Crippen molar-refractivity contribution in [1.29, 1.82) is 0 Å². The highest BCUT2D eigenvalue weighted by Gasteiger charge is 2.23. The normalized spacial score (nSPS) is 17.8. The van der Waals surface area contributed by atoms with E-state index in [0.717, 1.165) is 16.8 Å². The van der Waals surface area contributed by atoms with Gasteiger partial charge in [-0.05, 0) is 54.6 Å². The molecule has 0 spiro atoms. The van der Waals surface area contributed by atoms with Crippen LogP contribution in [0.15, 0.2) is 52.4 Å². The van der Waals surface area contributed by atoms with Gasteiger partial charge in [-0.15, -0.1) is 0 Å². The Morgan fingerprint density at radius 2 is 1.83 bits per heavy atom. The molecule has 3 nitrogen and oxygen atoms in total. The molecule has 1 fully saturated rings. The van der Waals surface area contributed by atoms with Crippen LogP contribution in [0.5, 0.6) is 0 Å². The van der Waals surface area contributed by atoms with Gasteiger partial charge in [-0.2, -0.15) is 0 Å². The highest BCUT2D eigenvalue weighted by atomic mass is 35.5. The van der Waals surface area contributed by atoms with Crippen LogP contribution in [0.2, 0.25) is 10.0 Å². The Kier molecular flexibility index (Phi) is 4.76. The molecule has 116 valence electrons. The fourth-order valence-corrected chi connectivity index (χ4v) is 3.12. The second-order valence-electron chi connectivity index (χ2n) is 4.99. The van der Waals surface area contributed by atoms with E-state index >= 15 is 0 Å². The quantitative estimate of drug-likeness (QED) is 0.746. The van der Waals surface area contributed by atoms with Crippen LogP contribution in [0.3, 0.4) is 0 Å². The number of rotatable bonds is 2. The van der Waals surface area contributed by atoms with Gasteiger partial charge in [0.2, 0.25) is 0 Å². The van der Waals surface area contributed by atoms with E-state index in [-0.39, 0.29) is 5.91 Å². The molecule has 0 unspecified atom stereocenters. The maximum Gasteiger partial charge on any atom is 0.264 e. The van der Waals surface area contributed by atoms with Crippen molar-refractivity contribution in [2.75, 3.05) is 0 Å². The minimum Gasteiger partial charge on any atom is -0.300 e. The van der Waals surface area contributed by atoms with E-state index < -0.39 is 0 Å². The van der Waals surface area contributed by atoms with Crippen LogP contribution in [0, 0.1) is 6.92 Å². The van der Waals surface area contributed by atoms with E-state index in [2.05, 4.69) is 10.3 Å². The van der Waals surface area contributed by atoms with Crippen molar-refractivity contribution in [3.63, 3.8) is 0 Å². The number of thioether (sulfide) groups is 1. The minimum atomic E-state index is -0.174. The average molecular weight is 363 g/mol. The Morgan fingerprint density at radius 1 is 1.09 bits per heavy atom. The molecule has 0 bridgehead atoms. The zero-order chi connectivity index (χ0) is 16.4. The number of aryl methyl sites for hydroxylation is 1. The third kappa shape index (κ3) is 3.96. The smallest absolute Gasteiger partial charge is 0.264 e. The van der Waals surface area contributed by atoms with Crippen molar-refractivity contribution in [2.24, 2.45) is 4.99 Å². The Labute approximate surface area is 148 Å². The number of nitrogens with zero attached hydrogens (tertiary/aromatic N) is 1. The number of aliphatic imine (C=N–C) groups is 1. The second kappa shape index (κ2) is 6.79. The first kappa shape index (κ1) is 16.1. The molecule has 0 atom stereocenters. The molecule has 0 aromatic heterocycles. The van der Waals surface area contributed by atoms with E-state index in [4.69, 9.17) is 23.2 Å². The van der Waals surface area contributed by atoms with Crippen LogP contribution >= 0.6 is 35.0 Å². The summed E-state index contributed by atoms with van der Waals surface area (Å²) in [7, 11) is 0. The Balaban J connectivity index is 1.83. The van der Waals surface area contributed by atoms with Crippen molar-refractivity contribution < 1.29 is 4.79 Å². The molecule has 2 aromatic carbocycles. The van der Waals surface area contributed by atoms with Gasteiger partial charge >= 0.3 is 0 Å². The molecular formula is C17H12Cl2N2OS. The van der Waals surface area contributed by atoms with Gasteiger partial charge in [0.1, 0.15) is 0 Å². The van der Waals surface area contributed by atoms with Crippen LogP contribution < -0.4 is 5.32 Å². The van der Waals surface area contributed by atoms with Gasteiger partial charge in [-0.3, -0.25) is 4.79 Å². The molecule has 1 saturated heterocycles. The zero-order valence-electron chi connectivity index (χ0n) is 12.1. The molecule has 23 heavy (non-hydrogen) atoms. The van der Waals surface area contributed by atoms with Crippen LogP contribution in [0.25, 0.3) is 6.08 Å². The molecule has 0 saturated carbocycles. The molecular weight excluding hydrogens is 351 g/mol. The molecule has 1 aliphatic rings. The summed E-state index contributed by atoms with van der Waals surface area (Å²) >= 11 is 13.2. The summed E-state index contributed by atoms with van der Waals surface area (Å²) in [4.78, 5) is 17.0. The van der Waals surface area contributed by atoms with Crippen molar-refractivity contribution >= 4 is 57.8 Å². The van der Waals surface area contributed by atoms with Gasteiger partial charge in [0.05, 0.1) is 20.6 Å². The van der Waals surface area contributed by atoms with Gasteiger partial charge in [-0.1, -0.05) is 47.0 Å². The van der Waals surface area contributed by atoms with E-state index in [1.54, 1.807) is 18.2 Å². The topological polar surface area (TPSA) is 41.5 Å². The lowest BCUT2D eigenvalue weighted by Gasteiger charge is -1.98. The van der Waals surface area contributed by atoms with Gasteiger partial charge in [-0.25, -0.2) is 4.99 Å². The standard InChI is InChI=1S/C17H12Cl2N2OS/c1-10-2-5-12(6-3-10)20-17-21-16(22)15(23-17)9-11-4-7-13(18)14(19)8-11/h2-9H,1H3,(H,20,21,22)/b15-9+. The minimum absolute atomic E-state index is 0.174. The molecule has 6 heteroatoms. The summed E-state index contributed by atoms with van der Waals surface area (Å²) in [5.41, 5.74) is 2.78. The number of halogens is 2. The maximum absolute atomic E-state index is 12.0. The van der Waals surface area contributed by atoms with Crippen molar-refractivity contribution in [2.45, 2.75) is 6.92 Å². The Bertz CT molecular complexity index is 829. The lowest BCUT2D eigenvalue weighted by Crippen LogP contribution is -2.19. The van der Waals surface area contributed by atoms with E-state index in [0.29, 0.717) is 20.1 Å². The fraction of sp³-hybridized carbons (Fsp3) is 0.0588. The van der Waals surface area contributed by atoms with Crippen LogP contribution in [0.1, 0.15) is 11.1 Å². The third-order valence-corrected chi connectivity index (χ3v) is 4.81. The Hall–Kier alpha value is -1.75. The largest absolute Gasteiger partial charge is 0.300 e. The lowest BCUT2D eigenvalue weighted by molar-refractivity contribution is -0.115. The van der Waals surface area contributed by atoms with Gasteiger partial charge in [0, 0.05) is 0 Å². The molecule has 1 amide bonds. The van der Waals surface area contributed by atoms with Crippen LogP contribution in [-0.4, -0.2) is 11.1 Å². The predicted molar refractivity (Wildman–Crippen MR) is 98.4 cm³/mol. The van der Waals surface area contributed by atoms with Crippen LogP contribution in [0.4, 0.5) is 5.69 Å². The van der Waals surface area contributed by atoms with Crippen molar-refractivity contribution in [1.82, 2.24) is 5.32 Å². The summed E-state index contributed by atoms with van der Waals surface area (Å²) in [6, 6.07) is 13.0.